The van der Waals surface area contributed by atoms with Gasteiger partial charge in [0, 0.05) is 25.1 Å². The molecule has 0 bridgehead atoms. The second kappa shape index (κ2) is 12.8. The van der Waals surface area contributed by atoms with Crippen molar-refractivity contribution in [3.8, 4) is 0 Å². The molecular weight excluding hydrogens is 492 g/mol. The number of ether oxygens (including phenoxy) is 1. The minimum Gasteiger partial charge on any atom is -0.378 e. The Morgan fingerprint density at radius 3 is 2.67 bits per heavy atom. The van der Waals surface area contributed by atoms with Gasteiger partial charge in [-0.2, -0.15) is 13.2 Å². The van der Waals surface area contributed by atoms with Crippen LogP contribution in [0.25, 0.3) is 0 Å². The van der Waals surface area contributed by atoms with Crippen LogP contribution in [-0.4, -0.2) is 36.7 Å². The van der Waals surface area contributed by atoms with Gasteiger partial charge in [-0.15, -0.1) is 35.3 Å². The van der Waals surface area contributed by atoms with Crippen LogP contribution < -0.4 is 10.6 Å². The van der Waals surface area contributed by atoms with Crippen LogP contribution in [0.2, 0.25) is 0 Å². The molecule has 1 heterocycles. The maximum atomic E-state index is 12.6. The standard InChI is InChI=1S/C17H27F3N4OS.HI/c1-2-21-16(22-9-6-10-25-13-7-4-3-5-8-13)23-11-15-24-14(12-26-15)17(18,19)20;/h12-13H,2-11H2,1H3,(H2,21,22,23);1H. The van der Waals surface area contributed by atoms with Crippen molar-refractivity contribution in [1.82, 2.24) is 15.6 Å². The van der Waals surface area contributed by atoms with E-state index in [-0.39, 0.29) is 30.5 Å². The highest BCUT2D eigenvalue weighted by Crippen LogP contribution is 2.30. The van der Waals surface area contributed by atoms with E-state index in [4.69, 9.17) is 4.74 Å². The number of guanidine groups is 1. The molecular formula is C17H28F3IN4OS. The molecule has 0 aromatic carbocycles. The fourth-order valence-electron chi connectivity index (χ4n) is 2.76. The molecule has 1 aliphatic carbocycles. The molecule has 0 saturated heterocycles. The zero-order chi connectivity index (χ0) is 18.8. The molecule has 1 aromatic heterocycles. The van der Waals surface area contributed by atoms with E-state index in [0.29, 0.717) is 36.8 Å². The number of halogens is 4. The predicted octanol–water partition coefficient (Wildman–Crippen LogP) is 4.57. The third kappa shape index (κ3) is 9.42. The average Bonchev–Trinajstić information content (AvgIpc) is 3.09. The first-order chi connectivity index (χ1) is 12.5. The predicted molar refractivity (Wildman–Crippen MR) is 113 cm³/mol. The van der Waals surface area contributed by atoms with Crippen LogP contribution in [-0.2, 0) is 17.5 Å². The monoisotopic (exact) mass is 520 g/mol. The number of aliphatic imine (C=N–C) groups is 1. The molecule has 0 unspecified atom stereocenters. The van der Waals surface area contributed by atoms with Crippen molar-refractivity contribution in [2.24, 2.45) is 4.99 Å². The zero-order valence-corrected chi connectivity index (χ0v) is 18.6. The van der Waals surface area contributed by atoms with E-state index in [1.165, 1.54) is 19.3 Å². The van der Waals surface area contributed by atoms with Crippen LogP contribution in [0.5, 0.6) is 0 Å². The van der Waals surface area contributed by atoms with Crippen LogP contribution in [0, 0.1) is 0 Å². The zero-order valence-electron chi connectivity index (χ0n) is 15.5. The van der Waals surface area contributed by atoms with Crippen molar-refractivity contribution in [1.29, 1.82) is 0 Å². The molecule has 0 radical (unpaired) electrons. The summed E-state index contributed by atoms with van der Waals surface area (Å²) in [6, 6.07) is 0. The molecule has 27 heavy (non-hydrogen) atoms. The summed E-state index contributed by atoms with van der Waals surface area (Å²) in [5.74, 6) is 0.578. The van der Waals surface area contributed by atoms with Crippen LogP contribution >= 0.6 is 35.3 Å². The van der Waals surface area contributed by atoms with Crippen LogP contribution in [0.3, 0.4) is 0 Å². The van der Waals surface area contributed by atoms with Gasteiger partial charge in [0.1, 0.15) is 5.01 Å². The number of hydrogen-bond donors (Lipinski definition) is 2. The number of aromatic nitrogens is 1. The number of hydrogen-bond acceptors (Lipinski definition) is 4. The molecule has 2 rings (SSSR count). The fraction of sp³-hybridized carbons (Fsp3) is 0.765. The van der Waals surface area contributed by atoms with Gasteiger partial charge in [-0.05, 0) is 26.2 Å². The van der Waals surface area contributed by atoms with Crippen LogP contribution in [0.4, 0.5) is 13.2 Å². The Balaban J connectivity index is 0.00000364. The maximum absolute atomic E-state index is 12.6. The molecule has 0 spiro atoms. The van der Waals surface area contributed by atoms with E-state index in [2.05, 4.69) is 20.6 Å². The Morgan fingerprint density at radius 2 is 2.04 bits per heavy atom. The first-order valence-corrected chi connectivity index (χ1v) is 10.0. The highest BCUT2D eigenvalue weighted by Gasteiger charge is 2.33. The van der Waals surface area contributed by atoms with E-state index in [9.17, 15) is 13.2 Å². The van der Waals surface area contributed by atoms with Crippen molar-refractivity contribution in [2.75, 3.05) is 19.7 Å². The molecule has 1 aromatic rings. The second-order valence-corrected chi connectivity index (χ2v) is 7.17. The highest BCUT2D eigenvalue weighted by atomic mass is 127. The Morgan fingerprint density at radius 1 is 1.30 bits per heavy atom. The number of nitrogens with one attached hydrogen (secondary N) is 2. The quantitative estimate of drug-likeness (QED) is 0.228. The first-order valence-electron chi connectivity index (χ1n) is 9.14. The average molecular weight is 520 g/mol. The van der Waals surface area contributed by atoms with Gasteiger partial charge in [0.25, 0.3) is 0 Å². The van der Waals surface area contributed by atoms with Gasteiger partial charge in [-0.1, -0.05) is 19.3 Å². The maximum Gasteiger partial charge on any atom is 0.434 e. The van der Waals surface area contributed by atoms with E-state index in [0.717, 1.165) is 36.0 Å². The molecule has 0 atom stereocenters. The largest absolute Gasteiger partial charge is 0.434 e. The summed E-state index contributed by atoms with van der Waals surface area (Å²) >= 11 is 0.970. The summed E-state index contributed by atoms with van der Waals surface area (Å²) in [4.78, 5) is 7.89. The summed E-state index contributed by atoms with van der Waals surface area (Å²) in [7, 11) is 0. The topological polar surface area (TPSA) is 58.5 Å². The van der Waals surface area contributed by atoms with Gasteiger partial charge in [-0.3, -0.25) is 0 Å². The molecule has 156 valence electrons. The molecule has 5 nitrogen and oxygen atoms in total. The second-order valence-electron chi connectivity index (χ2n) is 6.23. The minimum atomic E-state index is -4.40. The Bertz CT molecular complexity index is 563. The number of nitrogens with zero attached hydrogens (tertiary/aromatic N) is 2. The van der Waals surface area contributed by atoms with E-state index < -0.39 is 11.9 Å². The lowest BCUT2D eigenvalue weighted by Crippen LogP contribution is -2.38. The van der Waals surface area contributed by atoms with Gasteiger partial charge in [0.2, 0.25) is 0 Å². The normalized spacial score (nSPS) is 16.1. The van der Waals surface area contributed by atoms with Gasteiger partial charge in [0.05, 0.1) is 12.6 Å². The lowest BCUT2D eigenvalue weighted by atomic mass is 9.98. The summed E-state index contributed by atoms with van der Waals surface area (Å²) in [6.07, 6.45) is 3.00. The summed E-state index contributed by atoms with van der Waals surface area (Å²) < 4.78 is 43.6. The number of alkyl halides is 3. The van der Waals surface area contributed by atoms with E-state index in [1.807, 2.05) is 6.92 Å². The fourth-order valence-corrected chi connectivity index (χ4v) is 3.49. The summed E-state index contributed by atoms with van der Waals surface area (Å²) in [5.41, 5.74) is -0.856. The SMILES string of the molecule is CCNC(=NCc1nc(C(F)(F)F)cs1)NCCCOC1CCCCC1.I. The molecule has 0 amide bonds. The first kappa shape index (κ1) is 24.4. The molecule has 1 aliphatic rings. The van der Waals surface area contributed by atoms with Gasteiger partial charge >= 0.3 is 6.18 Å². The van der Waals surface area contributed by atoms with Crippen molar-refractivity contribution in [2.45, 2.75) is 64.3 Å². The van der Waals surface area contributed by atoms with Gasteiger partial charge in [-0.25, -0.2) is 9.98 Å². The highest BCUT2D eigenvalue weighted by molar-refractivity contribution is 14.0. The van der Waals surface area contributed by atoms with Crippen LogP contribution in [0.15, 0.2) is 10.4 Å². The van der Waals surface area contributed by atoms with E-state index >= 15 is 0 Å². The third-order valence-electron chi connectivity index (χ3n) is 4.08. The molecule has 2 N–H and O–H groups in total. The minimum absolute atomic E-state index is 0. The summed E-state index contributed by atoms with van der Waals surface area (Å²) in [6.45, 7) is 4.14. The molecule has 0 aliphatic heterocycles. The van der Waals surface area contributed by atoms with E-state index in [1.54, 1.807) is 0 Å². The molecule has 1 fully saturated rings. The van der Waals surface area contributed by atoms with Crippen molar-refractivity contribution in [3.63, 3.8) is 0 Å². The lowest BCUT2D eigenvalue weighted by molar-refractivity contribution is -0.140. The third-order valence-corrected chi connectivity index (χ3v) is 4.91. The molecule has 1 saturated carbocycles. The number of rotatable bonds is 8. The molecule has 10 heteroatoms. The Labute approximate surface area is 179 Å². The summed E-state index contributed by atoms with van der Waals surface area (Å²) in [5, 5.41) is 7.63. The van der Waals surface area contributed by atoms with Crippen molar-refractivity contribution < 1.29 is 17.9 Å². The Hall–Kier alpha value is -0.620. The van der Waals surface area contributed by atoms with Gasteiger partial charge in [0.15, 0.2) is 11.7 Å². The van der Waals surface area contributed by atoms with Crippen LogP contribution in [0.1, 0.15) is 56.2 Å². The number of thiazole rings is 1. The van der Waals surface area contributed by atoms with Crippen molar-refractivity contribution in [3.05, 3.63) is 16.1 Å². The van der Waals surface area contributed by atoms with Gasteiger partial charge < -0.3 is 15.4 Å². The smallest absolute Gasteiger partial charge is 0.378 e. The lowest BCUT2D eigenvalue weighted by Gasteiger charge is -2.22. The van der Waals surface area contributed by atoms with Crippen molar-refractivity contribution >= 4 is 41.3 Å². The Kier molecular flexibility index (Phi) is 11.5.